The normalized spacial score (nSPS) is 12.6. The number of anilines is 1. The molecule has 0 aliphatic carbocycles. The second-order valence-electron chi connectivity index (χ2n) is 4.04. The number of aryl methyl sites for hydroxylation is 2. The zero-order valence-corrected chi connectivity index (χ0v) is 12.1. The lowest BCUT2D eigenvalue weighted by Gasteiger charge is -2.10. The molecule has 0 aliphatic rings. The van der Waals surface area contributed by atoms with E-state index in [1.807, 2.05) is 0 Å². The van der Waals surface area contributed by atoms with E-state index in [0.717, 1.165) is 5.56 Å². The summed E-state index contributed by atoms with van der Waals surface area (Å²) in [5, 5.41) is 0. The van der Waals surface area contributed by atoms with Crippen LogP contribution in [0.5, 0.6) is 0 Å². The van der Waals surface area contributed by atoms with E-state index in [-0.39, 0.29) is 4.90 Å². The Morgan fingerprint density at radius 2 is 1.74 bits per heavy atom. The van der Waals surface area contributed by atoms with Crippen LogP contribution in [0.4, 0.5) is 5.69 Å². The smallest absolute Gasteiger partial charge is 0.397 e. The van der Waals surface area contributed by atoms with Gasteiger partial charge < -0.3 is 5.73 Å². The molecule has 0 heterocycles. The standard InChI is InChI=1S/C10H15NO6S2/c1-7-5-8(2)10(6-9(7)11)18(12,13)4-3-17-19(14,15)16/h5-6H,3-4,11H2,1-2H3,(H,14,15,16). The number of nitrogen functional groups attached to an aromatic ring is 1. The molecule has 9 heteroatoms. The maximum absolute atomic E-state index is 12.0. The van der Waals surface area contributed by atoms with Crippen LogP contribution in [0.1, 0.15) is 11.1 Å². The summed E-state index contributed by atoms with van der Waals surface area (Å²) in [4.78, 5) is 0.0227. The number of benzene rings is 1. The molecule has 1 rings (SSSR count). The Morgan fingerprint density at radius 1 is 1.16 bits per heavy atom. The van der Waals surface area contributed by atoms with Gasteiger partial charge in [-0.2, -0.15) is 8.42 Å². The molecule has 0 aliphatic heterocycles. The van der Waals surface area contributed by atoms with Gasteiger partial charge in [0.15, 0.2) is 9.84 Å². The van der Waals surface area contributed by atoms with Gasteiger partial charge in [-0.15, -0.1) is 0 Å². The van der Waals surface area contributed by atoms with Crippen LogP contribution in [-0.2, 0) is 24.4 Å². The van der Waals surface area contributed by atoms with Crippen molar-refractivity contribution < 1.29 is 25.6 Å². The highest BCUT2D eigenvalue weighted by Crippen LogP contribution is 2.23. The first-order valence-electron chi connectivity index (χ1n) is 5.24. The van der Waals surface area contributed by atoms with Crippen molar-refractivity contribution in [3.05, 3.63) is 23.3 Å². The molecule has 19 heavy (non-hydrogen) atoms. The molecule has 0 bridgehead atoms. The highest BCUT2D eigenvalue weighted by molar-refractivity contribution is 7.91. The van der Waals surface area contributed by atoms with Gasteiger partial charge in [-0.05, 0) is 31.0 Å². The minimum absolute atomic E-state index is 0.0227. The second-order valence-corrected chi connectivity index (χ2v) is 7.21. The van der Waals surface area contributed by atoms with E-state index < -0.39 is 32.6 Å². The van der Waals surface area contributed by atoms with Crippen LogP contribution in [0.2, 0.25) is 0 Å². The number of nitrogens with two attached hydrogens (primary N) is 1. The predicted octanol–water partition coefficient (Wildman–Crippen LogP) is 0.479. The molecule has 3 N–H and O–H groups in total. The zero-order valence-electron chi connectivity index (χ0n) is 10.5. The van der Waals surface area contributed by atoms with Crippen molar-refractivity contribution in [2.24, 2.45) is 0 Å². The lowest BCUT2D eigenvalue weighted by Crippen LogP contribution is -2.16. The fourth-order valence-corrected chi connectivity index (χ4v) is 3.32. The topological polar surface area (TPSA) is 124 Å². The maximum Gasteiger partial charge on any atom is 0.397 e. The fraction of sp³-hybridized carbons (Fsp3) is 0.400. The van der Waals surface area contributed by atoms with E-state index in [1.165, 1.54) is 6.07 Å². The Labute approximate surface area is 112 Å². The Hall–Kier alpha value is -1.16. The van der Waals surface area contributed by atoms with Crippen LogP contribution in [0.15, 0.2) is 17.0 Å². The molecule has 1 aromatic carbocycles. The molecular formula is C10H15NO6S2. The SMILES string of the molecule is Cc1cc(C)c(S(=O)(=O)CCOS(=O)(=O)O)cc1N. The number of hydrogen-bond acceptors (Lipinski definition) is 6. The first-order valence-corrected chi connectivity index (χ1v) is 8.26. The molecule has 0 radical (unpaired) electrons. The van der Waals surface area contributed by atoms with Crippen LogP contribution in [0.25, 0.3) is 0 Å². The van der Waals surface area contributed by atoms with E-state index in [1.54, 1.807) is 19.9 Å². The molecule has 0 saturated heterocycles. The van der Waals surface area contributed by atoms with Gasteiger partial charge in [0.25, 0.3) is 0 Å². The molecule has 0 amide bonds. The minimum Gasteiger partial charge on any atom is -0.398 e. The van der Waals surface area contributed by atoms with Gasteiger partial charge in [0, 0.05) is 5.69 Å². The van der Waals surface area contributed by atoms with Gasteiger partial charge in [-0.1, -0.05) is 6.07 Å². The van der Waals surface area contributed by atoms with Crippen molar-refractivity contribution in [3.63, 3.8) is 0 Å². The van der Waals surface area contributed by atoms with Crippen molar-refractivity contribution in [1.82, 2.24) is 0 Å². The van der Waals surface area contributed by atoms with E-state index in [9.17, 15) is 16.8 Å². The van der Waals surface area contributed by atoms with E-state index in [2.05, 4.69) is 4.18 Å². The Balaban J connectivity index is 2.98. The Kier molecular flexibility index (Phi) is 4.56. The number of sulfone groups is 1. The predicted molar refractivity (Wildman–Crippen MR) is 69.9 cm³/mol. The lowest BCUT2D eigenvalue weighted by atomic mass is 10.1. The largest absolute Gasteiger partial charge is 0.398 e. The highest BCUT2D eigenvalue weighted by atomic mass is 32.3. The van der Waals surface area contributed by atoms with Gasteiger partial charge in [-0.25, -0.2) is 12.6 Å². The van der Waals surface area contributed by atoms with Gasteiger partial charge in [0.2, 0.25) is 0 Å². The first-order chi connectivity index (χ1) is 8.53. The Morgan fingerprint density at radius 3 is 2.26 bits per heavy atom. The molecule has 108 valence electrons. The van der Waals surface area contributed by atoms with Crippen LogP contribution < -0.4 is 5.73 Å². The van der Waals surface area contributed by atoms with Crippen molar-refractivity contribution in [1.29, 1.82) is 0 Å². The van der Waals surface area contributed by atoms with Crippen molar-refractivity contribution in [3.8, 4) is 0 Å². The average Bonchev–Trinajstić information content (AvgIpc) is 2.20. The third kappa shape index (κ3) is 4.46. The second kappa shape index (κ2) is 5.45. The molecule has 1 aromatic rings. The van der Waals surface area contributed by atoms with Gasteiger partial charge in [0.1, 0.15) is 0 Å². The molecule has 0 spiro atoms. The molecule has 0 atom stereocenters. The summed E-state index contributed by atoms with van der Waals surface area (Å²) in [5.74, 6) is -0.573. The van der Waals surface area contributed by atoms with E-state index in [0.29, 0.717) is 11.3 Å². The van der Waals surface area contributed by atoms with E-state index >= 15 is 0 Å². The molecule has 0 unspecified atom stereocenters. The van der Waals surface area contributed by atoms with Crippen LogP contribution in [0.3, 0.4) is 0 Å². The molecule has 0 aromatic heterocycles. The van der Waals surface area contributed by atoms with Crippen molar-refractivity contribution in [2.45, 2.75) is 18.7 Å². The van der Waals surface area contributed by atoms with Gasteiger partial charge in [0.05, 0.1) is 17.3 Å². The first kappa shape index (κ1) is 15.9. The Bertz CT molecular complexity index is 678. The molecule has 7 nitrogen and oxygen atoms in total. The zero-order chi connectivity index (χ0) is 14.8. The van der Waals surface area contributed by atoms with Crippen LogP contribution in [0, 0.1) is 13.8 Å². The summed E-state index contributed by atoms with van der Waals surface area (Å²) in [7, 11) is -8.38. The molecule has 0 fully saturated rings. The number of hydrogen-bond donors (Lipinski definition) is 2. The summed E-state index contributed by atoms with van der Waals surface area (Å²) in [6.45, 7) is 2.71. The average molecular weight is 309 g/mol. The quantitative estimate of drug-likeness (QED) is 0.598. The van der Waals surface area contributed by atoms with Crippen molar-refractivity contribution >= 4 is 25.9 Å². The van der Waals surface area contributed by atoms with E-state index in [4.69, 9.17) is 10.3 Å². The van der Waals surface area contributed by atoms with Crippen LogP contribution >= 0.6 is 0 Å². The summed E-state index contributed by atoms with van der Waals surface area (Å²) in [6, 6.07) is 2.96. The minimum atomic E-state index is -4.64. The lowest BCUT2D eigenvalue weighted by molar-refractivity contribution is 0.284. The third-order valence-electron chi connectivity index (χ3n) is 2.48. The molecule has 0 saturated carbocycles. The molecular weight excluding hydrogens is 294 g/mol. The maximum atomic E-state index is 12.0. The van der Waals surface area contributed by atoms with Crippen LogP contribution in [-0.4, -0.2) is 33.7 Å². The highest BCUT2D eigenvalue weighted by Gasteiger charge is 2.19. The number of rotatable bonds is 5. The summed E-state index contributed by atoms with van der Waals surface area (Å²) in [5.41, 5.74) is 7.25. The summed E-state index contributed by atoms with van der Waals surface area (Å²) in [6.07, 6.45) is 0. The van der Waals surface area contributed by atoms with Crippen molar-refractivity contribution in [2.75, 3.05) is 18.1 Å². The summed E-state index contributed by atoms with van der Waals surface area (Å²) < 4.78 is 57.0. The monoisotopic (exact) mass is 309 g/mol. The van der Waals surface area contributed by atoms with Gasteiger partial charge in [-0.3, -0.25) is 4.55 Å². The van der Waals surface area contributed by atoms with Gasteiger partial charge >= 0.3 is 10.4 Å². The third-order valence-corrected chi connectivity index (χ3v) is 4.76. The summed E-state index contributed by atoms with van der Waals surface area (Å²) >= 11 is 0. The fourth-order valence-electron chi connectivity index (χ4n) is 1.54.